The minimum Gasteiger partial charge on any atom is -0.467 e. The Kier molecular flexibility index (Phi) is 31.1. The minimum atomic E-state index is -1.66. The van der Waals surface area contributed by atoms with E-state index in [0.717, 1.165) is 48.8 Å². The van der Waals surface area contributed by atoms with Crippen molar-refractivity contribution in [1.29, 1.82) is 0 Å². The molecule has 20 atom stereocenters. The van der Waals surface area contributed by atoms with Crippen LogP contribution in [0.2, 0.25) is 0 Å². The Balaban J connectivity index is 0.000000244. The molecule has 6 aromatic rings. The first-order chi connectivity index (χ1) is 51.0. The number of azide groups is 2. The molecule has 0 radical (unpaired) electrons. The zero-order valence-corrected chi connectivity index (χ0v) is 59.1. The summed E-state index contributed by atoms with van der Waals surface area (Å²) in [5.41, 5.74) is 24.6. The first kappa shape index (κ1) is 79.9. The third-order valence-electron chi connectivity index (χ3n) is 17.6. The summed E-state index contributed by atoms with van der Waals surface area (Å²) in [6, 6.07) is 53.8. The second-order valence-electron chi connectivity index (χ2n) is 25.1. The predicted molar refractivity (Wildman–Crippen MR) is 370 cm³/mol. The fourth-order valence-corrected chi connectivity index (χ4v) is 12.5. The molecule has 0 spiro atoms. The number of hydrogen-bond donors (Lipinski definition) is 1. The number of benzene rings is 6. The molecule has 0 bridgehead atoms. The Morgan fingerprint density at radius 2 is 0.733 bits per heavy atom. The smallest absolute Gasteiger partial charge is 0.338 e. The Labute approximate surface area is 607 Å². The van der Waals surface area contributed by atoms with Crippen LogP contribution in [0.25, 0.3) is 20.9 Å². The number of ether oxygens (including phenoxy) is 17. The van der Waals surface area contributed by atoms with Gasteiger partial charge in [0.05, 0.1) is 91.5 Å². The summed E-state index contributed by atoms with van der Waals surface area (Å²) in [5.74, 6) is -4.16. The number of esters is 5. The van der Waals surface area contributed by atoms with Gasteiger partial charge in [-0.05, 0) is 51.4 Å². The summed E-state index contributed by atoms with van der Waals surface area (Å²) >= 11 is 0. The van der Waals surface area contributed by atoms with Gasteiger partial charge in [0.25, 0.3) is 0 Å². The van der Waals surface area contributed by atoms with E-state index in [1.807, 2.05) is 165 Å². The van der Waals surface area contributed by atoms with E-state index in [-0.39, 0.29) is 52.2 Å². The van der Waals surface area contributed by atoms with Crippen LogP contribution in [0.1, 0.15) is 68.0 Å². The second kappa shape index (κ2) is 40.9. The van der Waals surface area contributed by atoms with Gasteiger partial charge in [-0.2, -0.15) is 0 Å². The van der Waals surface area contributed by atoms with Crippen molar-refractivity contribution < 1.29 is 110 Å². The van der Waals surface area contributed by atoms with Gasteiger partial charge in [0.1, 0.15) is 48.7 Å². The highest BCUT2D eigenvalue weighted by atomic mass is 16.8. The Bertz CT molecular complexity index is 3760. The van der Waals surface area contributed by atoms with Gasteiger partial charge in [-0.25, -0.2) is 9.59 Å². The van der Waals surface area contributed by atoms with Crippen LogP contribution >= 0.6 is 0 Å². The highest BCUT2D eigenvalue weighted by molar-refractivity contribution is 5.76. The topological polar surface area (TPSA) is 360 Å². The molecule has 8 unspecified atom stereocenters. The summed E-state index contributed by atoms with van der Waals surface area (Å²) in [6.45, 7) is 7.95. The van der Waals surface area contributed by atoms with Crippen LogP contribution in [-0.4, -0.2) is 179 Å². The minimum absolute atomic E-state index is 0.0169. The normalized spacial score (nSPS) is 28.5. The van der Waals surface area contributed by atoms with Crippen LogP contribution in [0.15, 0.2) is 192 Å². The molecule has 29 heteroatoms. The monoisotopic (exact) mass is 1450 g/mol. The summed E-state index contributed by atoms with van der Waals surface area (Å²) in [7, 11) is 2.35. The lowest BCUT2D eigenvalue weighted by molar-refractivity contribution is -0.343. The molecule has 4 aliphatic heterocycles. The molecule has 4 heterocycles. The average molecular weight is 1450 g/mol. The van der Waals surface area contributed by atoms with Crippen molar-refractivity contribution in [2.24, 2.45) is 16.1 Å². The van der Waals surface area contributed by atoms with Crippen molar-refractivity contribution in [2.45, 2.75) is 191 Å². The SMILES string of the molecule is COC(=O)C1O[C@@H](C)C(OC(C)=O)[C@H](OCc2ccccc2)[C@@H]1O[C@H]1OC(COCc2ccccc2)[C@@H](C)[C@@H](OCc2ccccc2)C1N=[N+]=[N-].COC(=O)C1O[C@H](OC(C)=O)C(OC(C)=O)[C@H](OCc2ccccc2)[C@@H]1O[C@H]1OC(COCc2ccccc2)[C@@H](O)[C@@H](OCc2ccccc2)C1N=[N+]=[N-]. The number of aliphatic hydroxyl groups is 1. The maximum atomic E-state index is 13.4. The third-order valence-corrected chi connectivity index (χ3v) is 17.6. The maximum absolute atomic E-state index is 13.4. The van der Waals surface area contributed by atoms with E-state index >= 15 is 0 Å². The predicted octanol–water partition coefficient (Wildman–Crippen LogP) is 9.61. The van der Waals surface area contributed by atoms with Crippen molar-refractivity contribution in [3.8, 4) is 0 Å². The number of rotatable bonds is 31. The van der Waals surface area contributed by atoms with Gasteiger partial charge in [0.15, 0.2) is 37.0 Å². The van der Waals surface area contributed by atoms with E-state index in [1.165, 1.54) is 14.0 Å². The molecule has 0 amide bonds. The highest BCUT2D eigenvalue weighted by Crippen LogP contribution is 2.39. The van der Waals surface area contributed by atoms with Crippen molar-refractivity contribution in [2.75, 3.05) is 27.4 Å². The average Bonchev–Trinajstić information content (AvgIpc) is 0.774. The van der Waals surface area contributed by atoms with Crippen LogP contribution in [-0.2, 0) is 144 Å². The standard InChI is InChI=1S/C38H43N3O13.C38H45N3O10/c1-23(42)50-35-32(49-21-27-17-11-6-12-18-27)33(34(36(45)46-3)54-38(35)51-24(2)43)53-37-29(40-41-39)31(48-20-26-15-9-5-10-16-26)30(44)28(52-37)22-47-19-25-13-7-4-8-14-25;1-24-30(23-45-20-27-14-8-5-9-15-27)50-38(31(40-41-39)32(24)46-21-28-16-10-6-11-17-28)51-35-34(47-22-29-18-12-7-13-19-29)33(49-26(3)42)25(2)48-36(35)37(43)44-4/h4-18,28-35,37-38,44H,19-22H2,1-3H3;5-19,24-25,30-36,38H,20-23H2,1-4H3/t28?,29?,30-,31+,32-,33+,34?,35?,37-,38+;24-,25+,30?,31?,32-,33?,34+,35+,36?,38-/m11/s1. The molecule has 1 N–H and O–H groups in total. The Morgan fingerprint density at radius 3 is 1.12 bits per heavy atom. The van der Waals surface area contributed by atoms with Crippen molar-refractivity contribution in [3.63, 3.8) is 0 Å². The fourth-order valence-electron chi connectivity index (χ4n) is 12.5. The molecule has 4 aliphatic rings. The lowest BCUT2D eigenvalue weighted by Crippen LogP contribution is -2.66. The van der Waals surface area contributed by atoms with Crippen LogP contribution in [0.3, 0.4) is 0 Å². The first-order valence-electron chi connectivity index (χ1n) is 34.2. The maximum Gasteiger partial charge on any atom is 0.338 e. The van der Waals surface area contributed by atoms with Crippen molar-refractivity contribution >= 4 is 29.8 Å². The molecule has 105 heavy (non-hydrogen) atoms. The van der Waals surface area contributed by atoms with Crippen LogP contribution in [0.5, 0.6) is 0 Å². The molecule has 4 fully saturated rings. The van der Waals surface area contributed by atoms with Crippen LogP contribution in [0, 0.1) is 5.92 Å². The zero-order chi connectivity index (χ0) is 74.6. The van der Waals surface area contributed by atoms with Crippen LogP contribution in [0.4, 0.5) is 0 Å². The summed E-state index contributed by atoms with van der Waals surface area (Å²) in [6.07, 6.45) is -20.8. The molecule has 4 saturated heterocycles. The molecule has 10 rings (SSSR count). The lowest BCUT2D eigenvalue weighted by atomic mass is 9.89. The molecule has 0 aliphatic carbocycles. The largest absolute Gasteiger partial charge is 0.467 e. The Morgan fingerprint density at radius 1 is 0.400 bits per heavy atom. The summed E-state index contributed by atoms with van der Waals surface area (Å²) in [4.78, 5) is 69.7. The van der Waals surface area contributed by atoms with Gasteiger partial charge in [0, 0.05) is 36.5 Å². The van der Waals surface area contributed by atoms with E-state index in [9.17, 15) is 40.1 Å². The molecule has 560 valence electrons. The van der Waals surface area contributed by atoms with Crippen molar-refractivity contribution in [3.05, 3.63) is 236 Å². The molecular weight excluding hydrogens is 1360 g/mol. The van der Waals surface area contributed by atoms with Crippen molar-refractivity contribution in [1.82, 2.24) is 0 Å². The van der Waals surface area contributed by atoms with Gasteiger partial charge >= 0.3 is 29.8 Å². The van der Waals surface area contributed by atoms with E-state index < -0.39 is 146 Å². The summed E-state index contributed by atoms with van der Waals surface area (Å²) < 4.78 is 102. The van der Waals surface area contributed by atoms with Gasteiger partial charge in [0.2, 0.25) is 6.29 Å². The first-order valence-corrected chi connectivity index (χ1v) is 34.2. The molecular formula is C76H88N6O23. The van der Waals surface area contributed by atoms with Gasteiger partial charge in [-0.3, -0.25) is 14.4 Å². The van der Waals surface area contributed by atoms with E-state index in [2.05, 4.69) is 20.1 Å². The van der Waals surface area contributed by atoms with E-state index in [4.69, 9.17) is 80.5 Å². The summed E-state index contributed by atoms with van der Waals surface area (Å²) in [5, 5.41) is 19.7. The zero-order valence-electron chi connectivity index (χ0n) is 59.1. The molecule has 0 aromatic heterocycles. The fraction of sp³-hybridized carbons (Fsp3) is 0.461. The van der Waals surface area contributed by atoms with E-state index in [1.54, 1.807) is 31.2 Å². The number of carbonyl (C=O) groups excluding carboxylic acids is 5. The molecule has 0 saturated carbocycles. The van der Waals surface area contributed by atoms with Crippen LogP contribution < -0.4 is 0 Å². The quantitative estimate of drug-likeness (QED) is 0.0139. The Hall–Kier alpha value is -9.23. The van der Waals surface area contributed by atoms with Gasteiger partial charge in [-0.1, -0.05) is 199 Å². The number of aliphatic hydroxyl groups excluding tert-OH is 1. The number of carbonyl (C=O) groups is 5. The third kappa shape index (κ3) is 22.9. The second-order valence-corrected chi connectivity index (χ2v) is 25.1. The number of methoxy groups -OCH3 is 2. The van der Waals surface area contributed by atoms with Gasteiger partial charge < -0.3 is 85.6 Å². The highest BCUT2D eigenvalue weighted by Gasteiger charge is 2.58. The molecule has 29 nitrogen and oxygen atoms in total. The van der Waals surface area contributed by atoms with E-state index in [0.29, 0.717) is 12.2 Å². The van der Waals surface area contributed by atoms with Gasteiger partial charge in [-0.15, -0.1) is 0 Å². The molecule has 6 aromatic carbocycles. The number of nitrogens with zero attached hydrogens (tertiary/aromatic N) is 6. The number of hydrogen-bond acceptors (Lipinski definition) is 25. The lowest BCUT2D eigenvalue weighted by Gasteiger charge is -2.48.